The van der Waals surface area contributed by atoms with Gasteiger partial charge in [0, 0.05) is 0 Å². The van der Waals surface area contributed by atoms with Gasteiger partial charge in [-0.05, 0) is 37.8 Å². The zero-order valence-electron chi connectivity index (χ0n) is 11.2. The maximum atomic E-state index is 4.54. The summed E-state index contributed by atoms with van der Waals surface area (Å²) in [5, 5.41) is 4.54. The summed E-state index contributed by atoms with van der Waals surface area (Å²) in [6.07, 6.45) is 0. The van der Waals surface area contributed by atoms with Crippen molar-refractivity contribution in [2.75, 3.05) is 0 Å². The number of rotatable bonds is 4. The fourth-order valence-electron chi connectivity index (χ4n) is 1.84. The third-order valence-corrected chi connectivity index (χ3v) is 3.51. The monoisotopic (exact) mass is 270 g/mol. The number of nitrogens with zero attached hydrogens (tertiary/aromatic N) is 2. The van der Waals surface area contributed by atoms with E-state index in [1.807, 2.05) is 55.5 Å². The van der Waals surface area contributed by atoms with Crippen LogP contribution in [-0.2, 0) is 0 Å². The highest BCUT2D eigenvalue weighted by molar-refractivity contribution is 7.77. The molecule has 0 bridgehead atoms. The van der Waals surface area contributed by atoms with E-state index < -0.39 is 0 Å². The number of hydrogen-bond donors (Lipinski definition) is 1. The smallest absolute Gasteiger partial charge is 0.0810 e. The quantitative estimate of drug-likeness (QED) is 0.497. The molecule has 0 radical (unpaired) electrons. The van der Waals surface area contributed by atoms with Crippen molar-refractivity contribution in [1.82, 2.24) is 4.41 Å². The van der Waals surface area contributed by atoms with Crippen molar-refractivity contribution < 1.29 is 0 Å². The second kappa shape index (κ2) is 6.43. The predicted molar refractivity (Wildman–Crippen MR) is 84.3 cm³/mol. The highest BCUT2D eigenvalue weighted by Crippen LogP contribution is 2.22. The molecule has 3 heteroatoms. The molecule has 2 aromatic carbocycles. The van der Waals surface area contributed by atoms with Crippen LogP contribution in [0.2, 0.25) is 0 Å². The summed E-state index contributed by atoms with van der Waals surface area (Å²) in [6.45, 7) is 4.08. The predicted octanol–water partition coefficient (Wildman–Crippen LogP) is 4.32. The molecular formula is C16H18N2S. The Hall–Kier alpha value is -1.74. The minimum absolute atomic E-state index is 0.128. The van der Waals surface area contributed by atoms with Gasteiger partial charge in [0.25, 0.3) is 0 Å². The molecule has 0 N–H and O–H groups in total. The number of thiol groups is 1. The average molecular weight is 270 g/mol. The summed E-state index contributed by atoms with van der Waals surface area (Å²) in [5.74, 6) is 0. The molecule has 98 valence electrons. The number of benzene rings is 2. The Labute approximate surface area is 120 Å². The van der Waals surface area contributed by atoms with Gasteiger partial charge in [-0.3, -0.25) is 0 Å². The standard InChI is InChI=1S/C16H18N2S/c1-13(15-9-5-3-6-10-15)17-18(19)14(2)16-11-7-4-8-12-16/h3-12,14,19H,1-2H3/b17-13+. The summed E-state index contributed by atoms with van der Waals surface area (Å²) in [5.41, 5.74) is 3.27. The van der Waals surface area contributed by atoms with Crippen molar-refractivity contribution in [2.45, 2.75) is 19.9 Å². The second-order valence-corrected chi connectivity index (χ2v) is 4.87. The number of hydrazone groups is 1. The Bertz CT molecular complexity index is 537. The van der Waals surface area contributed by atoms with Crippen LogP contribution in [0.3, 0.4) is 0 Å². The molecule has 0 aliphatic heterocycles. The molecule has 0 spiro atoms. The van der Waals surface area contributed by atoms with Crippen molar-refractivity contribution in [3.05, 3.63) is 71.8 Å². The first kappa shape index (κ1) is 13.7. The molecule has 1 atom stereocenters. The van der Waals surface area contributed by atoms with Crippen molar-refractivity contribution in [2.24, 2.45) is 5.10 Å². The third kappa shape index (κ3) is 3.61. The van der Waals surface area contributed by atoms with E-state index in [4.69, 9.17) is 0 Å². The zero-order chi connectivity index (χ0) is 13.7. The summed E-state index contributed by atoms with van der Waals surface area (Å²) in [7, 11) is 0. The van der Waals surface area contributed by atoms with Crippen molar-refractivity contribution in [3.63, 3.8) is 0 Å². The average Bonchev–Trinajstić information content (AvgIpc) is 2.48. The molecule has 0 saturated heterocycles. The molecule has 0 saturated carbocycles. The molecule has 19 heavy (non-hydrogen) atoms. The minimum Gasteiger partial charge on any atom is -0.235 e. The van der Waals surface area contributed by atoms with Crippen LogP contribution < -0.4 is 0 Å². The van der Waals surface area contributed by atoms with Gasteiger partial charge in [-0.2, -0.15) is 5.10 Å². The van der Waals surface area contributed by atoms with Crippen molar-refractivity contribution in [3.8, 4) is 0 Å². The Kier molecular flexibility index (Phi) is 4.63. The van der Waals surface area contributed by atoms with Crippen LogP contribution in [0.25, 0.3) is 0 Å². The molecular weight excluding hydrogens is 252 g/mol. The van der Waals surface area contributed by atoms with Crippen LogP contribution in [0, 0.1) is 0 Å². The van der Waals surface area contributed by atoms with Gasteiger partial charge in [0.15, 0.2) is 0 Å². The van der Waals surface area contributed by atoms with Gasteiger partial charge in [0.2, 0.25) is 0 Å². The molecule has 1 unspecified atom stereocenters. The molecule has 2 nitrogen and oxygen atoms in total. The number of hydrogen-bond acceptors (Lipinski definition) is 3. The van der Waals surface area contributed by atoms with Crippen LogP contribution in [0.4, 0.5) is 0 Å². The molecule has 0 aromatic heterocycles. The van der Waals surface area contributed by atoms with Gasteiger partial charge in [0.05, 0.1) is 11.8 Å². The van der Waals surface area contributed by atoms with Gasteiger partial charge in [-0.1, -0.05) is 60.7 Å². The van der Waals surface area contributed by atoms with Gasteiger partial charge >= 0.3 is 0 Å². The molecule has 0 aliphatic carbocycles. The first-order valence-electron chi connectivity index (χ1n) is 6.32. The Morgan fingerprint density at radius 2 is 1.53 bits per heavy atom. The van der Waals surface area contributed by atoms with E-state index in [2.05, 4.69) is 37.0 Å². The Morgan fingerprint density at radius 1 is 1.00 bits per heavy atom. The van der Waals surface area contributed by atoms with E-state index in [1.165, 1.54) is 5.56 Å². The van der Waals surface area contributed by atoms with Crippen LogP contribution >= 0.6 is 12.8 Å². The fourth-order valence-corrected chi connectivity index (χ4v) is 2.11. The molecule has 2 aromatic rings. The SMILES string of the molecule is C/C(=N\N(S)C(C)c1ccccc1)c1ccccc1. The zero-order valence-corrected chi connectivity index (χ0v) is 12.1. The minimum atomic E-state index is 0.128. The maximum Gasteiger partial charge on any atom is 0.0810 e. The van der Waals surface area contributed by atoms with E-state index in [-0.39, 0.29) is 6.04 Å². The summed E-state index contributed by atoms with van der Waals surface area (Å²) in [4.78, 5) is 0. The van der Waals surface area contributed by atoms with Gasteiger partial charge in [-0.15, -0.1) is 0 Å². The van der Waals surface area contributed by atoms with E-state index in [0.29, 0.717) is 0 Å². The largest absolute Gasteiger partial charge is 0.235 e. The third-order valence-electron chi connectivity index (χ3n) is 3.07. The highest BCUT2D eigenvalue weighted by Gasteiger charge is 2.10. The lowest BCUT2D eigenvalue weighted by molar-refractivity contribution is 0.409. The normalized spacial score (nSPS) is 13.1. The van der Waals surface area contributed by atoms with E-state index in [9.17, 15) is 0 Å². The lowest BCUT2D eigenvalue weighted by atomic mass is 10.1. The van der Waals surface area contributed by atoms with Gasteiger partial charge in [0.1, 0.15) is 0 Å². The highest BCUT2D eigenvalue weighted by atomic mass is 32.1. The molecule has 2 rings (SSSR count). The van der Waals surface area contributed by atoms with E-state index >= 15 is 0 Å². The Morgan fingerprint density at radius 3 is 2.11 bits per heavy atom. The van der Waals surface area contributed by atoms with Crippen molar-refractivity contribution in [1.29, 1.82) is 0 Å². The van der Waals surface area contributed by atoms with E-state index in [1.54, 1.807) is 4.41 Å². The fraction of sp³-hybridized carbons (Fsp3) is 0.188. The second-order valence-electron chi connectivity index (χ2n) is 4.46. The summed E-state index contributed by atoms with van der Waals surface area (Å²) in [6, 6.07) is 20.5. The van der Waals surface area contributed by atoms with Crippen LogP contribution in [0.1, 0.15) is 31.0 Å². The van der Waals surface area contributed by atoms with Crippen molar-refractivity contribution >= 4 is 18.5 Å². The first-order chi connectivity index (χ1) is 9.18. The maximum absolute atomic E-state index is 4.54. The Balaban J connectivity index is 2.14. The van der Waals surface area contributed by atoms with Crippen LogP contribution in [0.15, 0.2) is 65.8 Å². The first-order valence-corrected chi connectivity index (χ1v) is 6.72. The molecule has 0 fully saturated rings. The van der Waals surface area contributed by atoms with Crippen LogP contribution in [0.5, 0.6) is 0 Å². The van der Waals surface area contributed by atoms with Gasteiger partial charge in [-0.25, -0.2) is 4.41 Å². The molecule has 0 amide bonds. The molecule has 0 heterocycles. The summed E-state index contributed by atoms with van der Waals surface area (Å²) < 4.78 is 1.71. The summed E-state index contributed by atoms with van der Waals surface area (Å²) >= 11 is 4.47. The van der Waals surface area contributed by atoms with Crippen LogP contribution in [-0.4, -0.2) is 10.1 Å². The van der Waals surface area contributed by atoms with Gasteiger partial charge < -0.3 is 0 Å². The van der Waals surface area contributed by atoms with E-state index in [0.717, 1.165) is 11.3 Å². The lowest BCUT2D eigenvalue weighted by Gasteiger charge is -2.21. The lowest BCUT2D eigenvalue weighted by Crippen LogP contribution is -2.13. The topological polar surface area (TPSA) is 15.6 Å². The molecule has 0 aliphatic rings.